The van der Waals surface area contributed by atoms with Gasteiger partial charge in [0, 0.05) is 38.3 Å². The Morgan fingerprint density at radius 2 is 1.90 bits per heavy atom. The Labute approximate surface area is 170 Å². The molecule has 1 amide bonds. The van der Waals surface area contributed by atoms with Crippen LogP contribution < -0.4 is 5.32 Å². The topological polar surface area (TPSA) is 84.3 Å². The molecule has 1 aromatic carbocycles. The smallest absolute Gasteiger partial charge is 0.309 e. The van der Waals surface area contributed by atoms with Gasteiger partial charge in [-0.2, -0.15) is 22.6 Å². The van der Waals surface area contributed by atoms with Gasteiger partial charge in [0.2, 0.25) is 15.9 Å². The molecule has 1 N–H and O–H groups in total. The summed E-state index contributed by atoms with van der Waals surface area (Å²) < 4.78 is 67.2. The number of carbonyl (C=O) groups is 1. The Morgan fingerprint density at radius 3 is 2.45 bits per heavy atom. The van der Waals surface area contributed by atoms with E-state index in [1.54, 1.807) is 19.3 Å². The van der Waals surface area contributed by atoms with Crippen LogP contribution in [0.2, 0.25) is 5.02 Å². The molecule has 7 nitrogen and oxygen atoms in total. The van der Waals surface area contributed by atoms with Gasteiger partial charge in [-0.15, -0.1) is 0 Å². The zero-order chi connectivity index (χ0) is 21.4. The van der Waals surface area contributed by atoms with Crippen molar-refractivity contribution in [3.8, 4) is 0 Å². The zero-order valence-electron chi connectivity index (χ0n) is 15.3. The molecule has 29 heavy (non-hydrogen) atoms. The van der Waals surface area contributed by atoms with Gasteiger partial charge in [0.15, 0.2) is 5.82 Å². The molecule has 0 radical (unpaired) electrons. The lowest BCUT2D eigenvalue weighted by molar-refractivity contribution is -0.137. The summed E-state index contributed by atoms with van der Waals surface area (Å²) in [5.74, 6) is -0.292. The summed E-state index contributed by atoms with van der Waals surface area (Å²) in [7, 11) is -2.43. The first kappa shape index (κ1) is 21.6. The molecule has 12 heteroatoms. The number of anilines is 1. The predicted molar refractivity (Wildman–Crippen MR) is 99.8 cm³/mol. The van der Waals surface area contributed by atoms with Crippen LogP contribution >= 0.6 is 11.6 Å². The first-order chi connectivity index (χ1) is 13.5. The van der Waals surface area contributed by atoms with Crippen molar-refractivity contribution in [2.24, 2.45) is 13.0 Å². The molecule has 158 valence electrons. The summed E-state index contributed by atoms with van der Waals surface area (Å²) in [5.41, 5.74) is -1.20. The number of aromatic nitrogens is 2. The maximum absolute atomic E-state index is 13.0. The molecule has 2 aromatic rings. The number of nitrogens with zero attached hydrogens (tertiary/aromatic N) is 3. The van der Waals surface area contributed by atoms with Gasteiger partial charge in [-0.3, -0.25) is 9.48 Å². The van der Waals surface area contributed by atoms with Gasteiger partial charge in [-0.1, -0.05) is 11.6 Å². The van der Waals surface area contributed by atoms with E-state index in [0.717, 1.165) is 16.4 Å². The lowest BCUT2D eigenvalue weighted by Gasteiger charge is -2.30. The second-order valence-electron chi connectivity index (χ2n) is 6.68. The second-order valence-corrected chi connectivity index (χ2v) is 9.03. The normalized spacial score (nSPS) is 16.7. The van der Waals surface area contributed by atoms with Crippen molar-refractivity contribution in [1.29, 1.82) is 0 Å². The van der Waals surface area contributed by atoms with Gasteiger partial charge in [-0.25, -0.2) is 8.42 Å². The molecule has 1 fully saturated rings. The molecule has 1 aliphatic rings. The van der Waals surface area contributed by atoms with E-state index in [9.17, 15) is 26.4 Å². The Morgan fingerprint density at radius 1 is 1.24 bits per heavy atom. The molecule has 0 saturated carbocycles. The van der Waals surface area contributed by atoms with E-state index in [0.29, 0.717) is 11.9 Å². The maximum Gasteiger partial charge on any atom is 0.417 e. The van der Waals surface area contributed by atoms with E-state index in [-0.39, 0.29) is 31.8 Å². The average molecular weight is 451 g/mol. The van der Waals surface area contributed by atoms with Crippen molar-refractivity contribution in [3.63, 3.8) is 0 Å². The number of piperidine rings is 1. The Bertz CT molecular complexity index is 1020. The van der Waals surface area contributed by atoms with Crippen molar-refractivity contribution in [2.75, 3.05) is 18.4 Å². The van der Waals surface area contributed by atoms with Crippen LogP contribution in [0.25, 0.3) is 0 Å². The van der Waals surface area contributed by atoms with E-state index in [1.807, 2.05) is 0 Å². The summed E-state index contributed by atoms with van der Waals surface area (Å²) in [5, 5.41) is 6.15. The first-order valence-electron chi connectivity index (χ1n) is 8.66. The lowest BCUT2D eigenvalue weighted by Crippen LogP contribution is -2.41. The van der Waals surface area contributed by atoms with Crippen LogP contribution in [0.15, 0.2) is 35.4 Å². The molecule has 1 aliphatic heterocycles. The van der Waals surface area contributed by atoms with E-state index in [4.69, 9.17) is 11.6 Å². The van der Waals surface area contributed by atoms with E-state index in [2.05, 4.69) is 10.4 Å². The highest BCUT2D eigenvalue weighted by atomic mass is 35.5. The highest BCUT2D eigenvalue weighted by Crippen LogP contribution is 2.36. The lowest BCUT2D eigenvalue weighted by atomic mass is 9.97. The number of alkyl halides is 3. The minimum atomic E-state index is -4.76. The van der Waals surface area contributed by atoms with Gasteiger partial charge < -0.3 is 5.32 Å². The predicted octanol–water partition coefficient (Wildman–Crippen LogP) is 3.13. The summed E-state index contributed by atoms with van der Waals surface area (Å²) >= 11 is 5.56. The van der Waals surface area contributed by atoms with Crippen molar-refractivity contribution < 1.29 is 26.4 Å². The SMILES string of the molecule is Cn1ccc(NC(=O)C2CCN(S(=O)(=O)c3ccc(Cl)c(C(F)(F)F)c3)CC2)n1. The summed E-state index contributed by atoms with van der Waals surface area (Å²) in [6, 6.07) is 4.14. The fourth-order valence-electron chi connectivity index (χ4n) is 3.10. The van der Waals surface area contributed by atoms with Crippen LogP contribution in [0.1, 0.15) is 18.4 Å². The standard InChI is InChI=1S/C17H18ClF3N4O3S/c1-24-7-6-15(23-24)22-16(26)11-4-8-25(9-5-11)29(27,28)12-2-3-14(18)13(10-12)17(19,20)21/h2-3,6-7,10-11H,4-5,8-9H2,1H3,(H,22,23,26). The number of carbonyl (C=O) groups excluding carboxylic acids is 1. The molecule has 0 spiro atoms. The number of halogens is 4. The van der Waals surface area contributed by atoms with Crippen molar-refractivity contribution in [3.05, 3.63) is 41.0 Å². The van der Waals surface area contributed by atoms with Gasteiger partial charge in [-0.05, 0) is 31.0 Å². The van der Waals surface area contributed by atoms with Crippen LogP contribution in [-0.4, -0.2) is 41.5 Å². The number of amides is 1. The van der Waals surface area contributed by atoms with Crippen molar-refractivity contribution >= 4 is 33.3 Å². The van der Waals surface area contributed by atoms with Gasteiger partial charge >= 0.3 is 6.18 Å². The van der Waals surface area contributed by atoms with Crippen LogP contribution in [0.3, 0.4) is 0 Å². The number of benzene rings is 1. The molecular weight excluding hydrogens is 433 g/mol. The van der Waals surface area contributed by atoms with E-state index >= 15 is 0 Å². The quantitative estimate of drug-likeness (QED) is 0.775. The number of hydrogen-bond donors (Lipinski definition) is 1. The van der Waals surface area contributed by atoms with E-state index < -0.39 is 37.6 Å². The zero-order valence-corrected chi connectivity index (χ0v) is 16.9. The molecule has 2 heterocycles. The third-order valence-corrected chi connectivity index (χ3v) is 6.89. The number of aryl methyl sites for hydroxylation is 1. The highest BCUT2D eigenvalue weighted by molar-refractivity contribution is 7.89. The maximum atomic E-state index is 13.0. The van der Waals surface area contributed by atoms with Gasteiger partial charge in [0.1, 0.15) is 0 Å². The number of nitrogens with one attached hydrogen (secondary N) is 1. The molecule has 0 bridgehead atoms. The molecule has 0 atom stereocenters. The van der Waals surface area contributed by atoms with Crippen LogP contribution in [0, 0.1) is 5.92 Å². The van der Waals surface area contributed by atoms with Crippen LogP contribution in [0.4, 0.5) is 19.0 Å². The van der Waals surface area contributed by atoms with Crippen molar-refractivity contribution in [1.82, 2.24) is 14.1 Å². The first-order valence-corrected chi connectivity index (χ1v) is 10.5. The second kappa shape index (κ2) is 7.96. The molecule has 0 aliphatic carbocycles. The minimum absolute atomic E-state index is 0.0205. The minimum Gasteiger partial charge on any atom is -0.309 e. The average Bonchev–Trinajstić information content (AvgIpc) is 3.05. The highest BCUT2D eigenvalue weighted by Gasteiger charge is 2.37. The third kappa shape index (κ3) is 4.73. The summed E-state index contributed by atoms with van der Waals surface area (Å²) in [4.78, 5) is 11.8. The summed E-state index contributed by atoms with van der Waals surface area (Å²) in [6.45, 7) is 0.0409. The third-order valence-electron chi connectivity index (χ3n) is 4.67. The Balaban J connectivity index is 1.69. The van der Waals surface area contributed by atoms with Crippen LogP contribution in [-0.2, 0) is 28.0 Å². The largest absolute Gasteiger partial charge is 0.417 e. The monoisotopic (exact) mass is 450 g/mol. The molecular formula is C17H18ClF3N4O3S. The Kier molecular flexibility index (Phi) is 5.93. The number of rotatable bonds is 4. The molecule has 3 rings (SSSR count). The van der Waals surface area contributed by atoms with Crippen molar-refractivity contribution in [2.45, 2.75) is 23.9 Å². The van der Waals surface area contributed by atoms with Crippen LogP contribution in [0.5, 0.6) is 0 Å². The van der Waals surface area contributed by atoms with E-state index in [1.165, 1.54) is 4.68 Å². The molecule has 0 unspecified atom stereocenters. The number of hydrogen-bond acceptors (Lipinski definition) is 4. The fraction of sp³-hybridized carbons (Fsp3) is 0.412. The molecule has 1 saturated heterocycles. The Hall–Kier alpha value is -2.11. The summed E-state index contributed by atoms with van der Waals surface area (Å²) in [6.07, 6.45) is -2.60. The number of sulfonamides is 1. The fourth-order valence-corrected chi connectivity index (χ4v) is 4.82. The molecule has 1 aromatic heterocycles. The van der Waals surface area contributed by atoms with Gasteiger partial charge in [0.05, 0.1) is 15.5 Å². The van der Waals surface area contributed by atoms with Gasteiger partial charge in [0.25, 0.3) is 0 Å².